The molecule has 11 heteroatoms. The minimum Gasteiger partial charge on any atom is -0.444 e. The number of piperidine rings is 1. The van der Waals surface area contributed by atoms with Crippen LogP contribution in [0, 0.1) is 11.8 Å². The third-order valence-electron chi connectivity index (χ3n) is 11.7. The number of methoxy groups -OCH3 is 1. The van der Waals surface area contributed by atoms with Gasteiger partial charge in [0.05, 0.1) is 36.9 Å². The van der Waals surface area contributed by atoms with Crippen molar-refractivity contribution in [1.82, 2.24) is 25.1 Å². The van der Waals surface area contributed by atoms with Crippen molar-refractivity contribution in [2.45, 2.75) is 96.5 Å². The Balaban J connectivity index is 0.927. The summed E-state index contributed by atoms with van der Waals surface area (Å²) < 4.78 is 11.0. The molecule has 1 aliphatic carbocycles. The molecule has 5 unspecified atom stereocenters. The Morgan fingerprint density at radius 1 is 0.964 bits per heavy atom. The van der Waals surface area contributed by atoms with Crippen molar-refractivity contribution < 1.29 is 24.4 Å². The molecule has 1 aromatic heterocycles. The first-order chi connectivity index (χ1) is 26.5. The van der Waals surface area contributed by atoms with E-state index in [2.05, 4.69) is 90.1 Å². The van der Waals surface area contributed by atoms with E-state index in [4.69, 9.17) is 19.5 Å². The lowest BCUT2D eigenvalue weighted by atomic mass is 9.97. The number of fused-ring (bicyclic) bond motifs is 3. The van der Waals surface area contributed by atoms with E-state index in [1.165, 1.54) is 0 Å². The number of quaternary nitrogens is 1. The van der Waals surface area contributed by atoms with Gasteiger partial charge in [-0.05, 0) is 111 Å². The van der Waals surface area contributed by atoms with Crippen molar-refractivity contribution in [1.29, 1.82) is 0 Å². The lowest BCUT2D eigenvalue weighted by molar-refractivity contribution is -0.436. The van der Waals surface area contributed by atoms with Crippen LogP contribution in [0.3, 0.4) is 0 Å². The van der Waals surface area contributed by atoms with Crippen LogP contribution in [0.1, 0.15) is 84.2 Å². The first-order valence-corrected chi connectivity index (χ1v) is 19.8. The van der Waals surface area contributed by atoms with Gasteiger partial charge in [0.15, 0.2) is 5.70 Å². The van der Waals surface area contributed by atoms with Crippen molar-refractivity contribution >= 4 is 34.3 Å². The number of carbonyl (C=O) groups excluding carboxylic acids is 2. The Labute approximate surface area is 323 Å². The number of amidine groups is 1. The number of hydrogen-bond donors (Lipinski definition) is 3. The maximum atomic E-state index is 13.6. The van der Waals surface area contributed by atoms with E-state index in [0.717, 1.165) is 94.7 Å². The second-order valence-electron chi connectivity index (χ2n) is 16.9. The molecule has 2 amide bonds. The summed E-state index contributed by atoms with van der Waals surface area (Å²) in [6.45, 7) is 10.9. The number of likely N-dealkylation sites (tertiary alicyclic amines) is 2. The van der Waals surface area contributed by atoms with Gasteiger partial charge in [-0.3, -0.25) is 20.3 Å². The zero-order valence-corrected chi connectivity index (χ0v) is 32.8. The monoisotopic (exact) mass is 744 g/mol. The highest BCUT2D eigenvalue weighted by atomic mass is 16.6. The van der Waals surface area contributed by atoms with Gasteiger partial charge in [-0.1, -0.05) is 50.2 Å². The fourth-order valence-electron chi connectivity index (χ4n) is 9.02. The molecule has 2 bridgehead atoms. The zero-order valence-electron chi connectivity index (χ0n) is 32.8. The Morgan fingerprint density at radius 3 is 2.40 bits per heavy atom. The maximum Gasteiger partial charge on any atom is 0.411 e. The number of amides is 2. The molecule has 1 saturated carbocycles. The van der Waals surface area contributed by atoms with Crippen molar-refractivity contribution in [3.8, 4) is 22.4 Å². The highest BCUT2D eigenvalue weighted by Gasteiger charge is 2.53. The zero-order chi connectivity index (χ0) is 38.4. The molecule has 8 rings (SSSR count). The van der Waals surface area contributed by atoms with Crippen LogP contribution in [0.5, 0.6) is 0 Å². The highest BCUT2D eigenvalue weighted by molar-refractivity contribution is 5.92. The van der Waals surface area contributed by atoms with E-state index in [1.54, 1.807) is 7.11 Å². The standard InChI is InChI=1S/C44H53N7O4/c1-26(2)38(47-25-54-6)42(52)50-19-7-8-37(50)40-45-24-36(48-40)32-16-15-30-20-29(13-14-31(30)21-32)27-9-11-28(12-10-27)35-23-46-41(49-35)39-33-17-18-34(22-33)51(39)43(53)55-44(3,4)5/h9-16,20-21,23-24,26,33-34,37-39,47H,7-8,17-19,22,25H2,1-6H3,(H,45,48)(H,46,49)/p+1. The molecule has 3 aromatic carbocycles. The Hall–Kier alpha value is -4.84. The Kier molecular flexibility index (Phi) is 10.1. The number of benzene rings is 3. The van der Waals surface area contributed by atoms with Crippen LogP contribution < -0.4 is 10.6 Å². The molecule has 4 aromatic rings. The van der Waals surface area contributed by atoms with E-state index >= 15 is 0 Å². The average Bonchev–Trinajstić information content (AvgIpc) is 4.02. The first kappa shape index (κ1) is 37.1. The average molecular weight is 745 g/mol. The van der Waals surface area contributed by atoms with Gasteiger partial charge in [0.2, 0.25) is 11.7 Å². The van der Waals surface area contributed by atoms with Crippen LogP contribution >= 0.6 is 0 Å². The van der Waals surface area contributed by atoms with Crippen molar-refractivity contribution in [3.05, 3.63) is 84.4 Å². The van der Waals surface area contributed by atoms with Crippen LogP contribution in [0.25, 0.3) is 38.9 Å². The summed E-state index contributed by atoms with van der Waals surface area (Å²) in [6, 6.07) is 21.5. The van der Waals surface area contributed by atoms with Gasteiger partial charge in [-0.25, -0.2) is 14.8 Å². The van der Waals surface area contributed by atoms with Gasteiger partial charge in [-0.2, -0.15) is 0 Å². The van der Waals surface area contributed by atoms with Crippen molar-refractivity contribution in [3.63, 3.8) is 0 Å². The van der Waals surface area contributed by atoms with E-state index in [9.17, 15) is 9.59 Å². The van der Waals surface area contributed by atoms with Gasteiger partial charge in [0.1, 0.15) is 17.5 Å². The smallest absolute Gasteiger partial charge is 0.411 e. The SMILES string of the molecule is COCNC(C(=O)N1CCCC1c1ncc(-c2ccc3cc(-c4ccc(C5=CN=C(C6C7CCC(C7)N6C(=O)OC(C)(C)C)[NH2+]5)cc4)ccc3c2)[nH]1)C(C)C. The summed E-state index contributed by atoms with van der Waals surface area (Å²) in [5.41, 5.74) is 5.93. The molecule has 4 N–H and O–H groups in total. The van der Waals surface area contributed by atoms with E-state index in [0.29, 0.717) is 12.6 Å². The third-order valence-corrected chi connectivity index (χ3v) is 11.7. The molecule has 4 aliphatic rings. The predicted molar refractivity (Wildman–Crippen MR) is 215 cm³/mol. The van der Waals surface area contributed by atoms with Crippen LogP contribution in [-0.2, 0) is 14.3 Å². The van der Waals surface area contributed by atoms with Crippen LogP contribution in [0.15, 0.2) is 78.1 Å². The predicted octanol–water partition coefficient (Wildman–Crippen LogP) is 6.84. The number of nitrogens with zero attached hydrogens (tertiary/aromatic N) is 4. The fraction of sp³-hybridized carbons (Fsp3) is 0.455. The van der Waals surface area contributed by atoms with Gasteiger partial charge in [0, 0.05) is 30.8 Å². The summed E-state index contributed by atoms with van der Waals surface area (Å²) in [6.07, 6.45) is 8.61. The molecule has 288 valence electrons. The Morgan fingerprint density at radius 2 is 1.67 bits per heavy atom. The number of H-pyrrole nitrogens is 1. The number of ether oxygens (including phenoxy) is 2. The third kappa shape index (κ3) is 7.45. The summed E-state index contributed by atoms with van der Waals surface area (Å²) in [5.74, 6) is 2.45. The number of imidazole rings is 1. The molecule has 0 radical (unpaired) electrons. The summed E-state index contributed by atoms with van der Waals surface area (Å²) >= 11 is 0. The molecule has 2 saturated heterocycles. The number of aliphatic imine (C=N–C) groups is 1. The van der Waals surface area contributed by atoms with Gasteiger partial charge in [-0.15, -0.1) is 0 Å². The second kappa shape index (κ2) is 15.0. The number of carbonyl (C=O) groups is 2. The quantitative estimate of drug-likeness (QED) is 0.153. The molecule has 5 atom stereocenters. The minimum absolute atomic E-state index is 0.0322. The van der Waals surface area contributed by atoms with E-state index < -0.39 is 5.60 Å². The number of hydrogen-bond acceptors (Lipinski definition) is 7. The topological polar surface area (TPSA) is 129 Å². The molecule has 3 aliphatic heterocycles. The molecule has 0 spiro atoms. The lowest BCUT2D eigenvalue weighted by Crippen LogP contribution is -2.87. The summed E-state index contributed by atoms with van der Waals surface area (Å²) in [5, 5.41) is 7.71. The van der Waals surface area contributed by atoms with Gasteiger partial charge >= 0.3 is 6.09 Å². The van der Waals surface area contributed by atoms with Crippen molar-refractivity contribution in [2.24, 2.45) is 16.8 Å². The minimum atomic E-state index is -0.530. The molecule has 55 heavy (non-hydrogen) atoms. The van der Waals surface area contributed by atoms with Crippen molar-refractivity contribution in [2.75, 3.05) is 20.4 Å². The van der Waals surface area contributed by atoms with Gasteiger partial charge < -0.3 is 19.4 Å². The fourth-order valence-corrected chi connectivity index (χ4v) is 9.02. The molecule has 3 fully saturated rings. The first-order valence-electron chi connectivity index (χ1n) is 19.8. The molecule has 11 nitrogen and oxygen atoms in total. The van der Waals surface area contributed by atoms with E-state index in [-0.39, 0.29) is 42.1 Å². The summed E-state index contributed by atoms with van der Waals surface area (Å²) in [4.78, 5) is 43.9. The Bertz CT molecular complexity index is 2130. The largest absolute Gasteiger partial charge is 0.444 e. The molecule has 4 heterocycles. The lowest BCUT2D eigenvalue weighted by Gasteiger charge is -2.35. The number of rotatable bonds is 10. The van der Waals surface area contributed by atoms with Crippen LogP contribution in [0.4, 0.5) is 4.79 Å². The number of nitrogens with one attached hydrogen (secondary N) is 2. The summed E-state index contributed by atoms with van der Waals surface area (Å²) in [7, 11) is 1.63. The maximum absolute atomic E-state index is 13.6. The number of nitrogens with two attached hydrogens (primary N) is 1. The molecular weight excluding hydrogens is 691 g/mol. The molecular formula is C44H54N7O4+. The van der Waals surface area contributed by atoms with Crippen LogP contribution in [-0.4, -0.2) is 81.7 Å². The number of aromatic amines is 1. The van der Waals surface area contributed by atoms with E-state index in [1.807, 2.05) is 43.0 Å². The number of aromatic nitrogens is 2. The highest BCUT2D eigenvalue weighted by Crippen LogP contribution is 2.43. The van der Waals surface area contributed by atoms with Gasteiger partial charge in [0.25, 0.3) is 0 Å². The second-order valence-corrected chi connectivity index (χ2v) is 16.9. The van der Waals surface area contributed by atoms with Crippen LogP contribution in [0.2, 0.25) is 0 Å². The normalized spacial score (nSPS) is 22.8.